The van der Waals surface area contributed by atoms with Crippen LogP contribution in [0.4, 0.5) is 18.9 Å². The molecule has 72 valence electrons. The second-order valence-electron chi connectivity index (χ2n) is 2.05. The van der Waals surface area contributed by atoms with Gasteiger partial charge in [-0.3, -0.25) is 1.33 Å². The largest absolute Gasteiger partial charge is 0.251 e. The molecule has 0 heterocycles. The van der Waals surface area contributed by atoms with Gasteiger partial charge in [0, 0.05) is 6.07 Å². The highest BCUT2D eigenvalue weighted by Gasteiger charge is 2.19. The van der Waals surface area contributed by atoms with Gasteiger partial charge in [0.15, 0.2) is 11.6 Å². The minimum absolute atomic E-state index is 0.0697. The average Bonchev–Trinajstić information content (AvgIpc) is 2.01. The number of halogens is 6. The quantitative estimate of drug-likeness (QED) is 0.302. The van der Waals surface area contributed by atoms with E-state index in [0.717, 1.165) is 0 Å². The summed E-state index contributed by atoms with van der Waals surface area (Å²) in [5, 5.41) is 0. The lowest BCUT2D eigenvalue weighted by Gasteiger charge is -2.11. The van der Waals surface area contributed by atoms with Crippen molar-refractivity contribution in [3.63, 3.8) is 0 Å². The van der Waals surface area contributed by atoms with E-state index in [1.165, 1.54) is 1.33 Å². The molecular formula is C6HF3I3N. The van der Waals surface area contributed by atoms with E-state index in [1.54, 1.807) is 68.3 Å². The molecule has 0 bridgehead atoms. The predicted molar refractivity (Wildman–Crippen MR) is 69.6 cm³/mol. The van der Waals surface area contributed by atoms with Crippen molar-refractivity contribution in [3.8, 4) is 0 Å². The van der Waals surface area contributed by atoms with Gasteiger partial charge in [0.2, 0.25) is 0 Å². The Balaban J connectivity index is 3.46. The molecule has 1 aromatic rings. The normalized spacial score (nSPS) is 10.3. The van der Waals surface area contributed by atoms with E-state index in [1.807, 2.05) is 0 Å². The lowest BCUT2D eigenvalue weighted by atomic mass is 10.3. The van der Waals surface area contributed by atoms with Crippen LogP contribution < -0.4 is 1.33 Å². The molecule has 0 unspecified atom stereocenters. The van der Waals surface area contributed by atoms with Crippen LogP contribution in [-0.4, -0.2) is 0 Å². The van der Waals surface area contributed by atoms with Gasteiger partial charge in [-0.25, -0.2) is 13.2 Å². The van der Waals surface area contributed by atoms with Crippen molar-refractivity contribution in [2.75, 3.05) is 1.33 Å². The number of nitrogens with zero attached hydrogens (tertiary/aromatic N) is 1. The Bertz CT molecular complexity index is 316. The van der Waals surface area contributed by atoms with Gasteiger partial charge in [0.25, 0.3) is 0 Å². The van der Waals surface area contributed by atoms with Gasteiger partial charge < -0.3 is 0 Å². The molecule has 0 N–H and O–H groups in total. The summed E-state index contributed by atoms with van der Waals surface area (Å²) in [5.74, 6) is -2.96. The summed E-state index contributed by atoms with van der Waals surface area (Å²) in [6, 6.07) is 0.539. The van der Waals surface area contributed by atoms with Gasteiger partial charge in [-0.15, -0.1) is 0 Å². The van der Waals surface area contributed by atoms with Crippen LogP contribution in [0, 0.1) is 21.0 Å². The smallest absolute Gasteiger partial charge is 0.184 e. The second kappa shape index (κ2) is 4.68. The summed E-state index contributed by atoms with van der Waals surface area (Å²) in [7, 11) is 0. The van der Waals surface area contributed by atoms with Crippen LogP contribution in [0.5, 0.6) is 0 Å². The van der Waals surface area contributed by atoms with Crippen LogP contribution in [0.25, 0.3) is 0 Å². The molecule has 7 heteroatoms. The van der Waals surface area contributed by atoms with Crippen LogP contribution in [-0.2, 0) is 0 Å². The zero-order valence-corrected chi connectivity index (χ0v) is 12.3. The highest BCUT2D eigenvalue weighted by Crippen LogP contribution is 2.34. The van der Waals surface area contributed by atoms with Crippen LogP contribution in [0.2, 0.25) is 0 Å². The summed E-state index contributed by atoms with van der Waals surface area (Å²) in [5.41, 5.74) is -0.0840. The van der Waals surface area contributed by atoms with Crippen molar-refractivity contribution in [1.29, 1.82) is 0 Å². The summed E-state index contributed by atoms with van der Waals surface area (Å²) in [4.78, 5) is 0. The van der Waals surface area contributed by atoms with Crippen LogP contribution in [0.15, 0.2) is 6.07 Å². The molecule has 0 aliphatic carbocycles. The molecule has 0 aliphatic heterocycles. The Hall–Kier alpha value is 1.000. The number of hydrogen-bond donors (Lipinski definition) is 0. The molecular weight excluding hydrogens is 524 g/mol. The average molecular weight is 525 g/mol. The van der Waals surface area contributed by atoms with E-state index in [-0.39, 0.29) is 9.26 Å². The Morgan fingerprint density at radius 2 is 1.62 bits per heavy atom. The van der Waals surface area contributed by atoms with Crippen LogP contribution in [0.3, 0.4) is 0 Å². The molecule has 0 atom stereocenters. The van der Waals surface area contributed by atoms with Crippen molar-refractivity contribution in [1.82, 2.24) is 0 Å². The standard InChI is InChI=1S/C6HF3I3N/c7-2-1-3(8)5(10)6(4(2)9)13(11)12/h1H. The van der Waals surface area contributed by atoms with E-state index >= 15 is 0 Å². The molecule has 1 nitrogen and oxygen atoms in total. The van der Waals surface area contributed by atoms with E-state index in [0.29, 0.717) is 6.07 Å². The molecule has 0 amide bonds. The summed E-state index contributed by atoms with van der Waals surface area (Å²) < 4.78 is 40.1. The number of hydrogen-bond acceptors (Lipinski definition) is 1. The number of rotatable bonds is 1. The van der Waals surface area contributed by atoms with Gasteiger partial charge in [-0.1, -0.05) is 0 Å². The molecule has 0 spiro atoms. The third kappa shape index (κ3) is 2.52. The summed E-state index contributed by atoms with van der Waals surface area (Å²) in [6.07, 6.45) is 0. The molecule has 0 fully saturated rings. The molecule has 1 aromatic carbocycles. The first-order valence-electron chi connectivity index (χ1n) is 2.89. The minimum atomic E-state index is -1.17. The Morgan fingerprint density at radius 3 is 2.08 bits per heavy atom. The zero-order chi connectivity index (χ0) is 10.2. The summed E-state index contributed by atoms with van der Waals surface area (Å²) in [6.45, 7) is 0. The molecule has 0 saturated carbocycles. The highest BCUT2D eigenvalue weighted by molar-refractivity contribution is 14.2. The van der Waals surface area contributed by atoms with Gasteiger partial charge in [-0.05, 0) is 22.6 Å². The third-order valence-corrected chi connectivity index (χ3v) is 3.25. The molecule has 1 rings (SSSR count). The maximum Gasteiger partial charge on any atom is 0.184 e. The highest BCUT2D eigenvalue weighted by atomic mass is 127. The van der Waals surface area contributed by atoms with Crippen molar-refractivity contribution in [2.45, 2.75) is 0 Å². The lowest BCUT2D eigenvalue weighted by Crippen LogP contribution is -2.02. The zero-order valence-electron chi connectivity index (χ0n) is 5.79. The fourth-order valence-corrected chi connectivity index (χ4v) is 3.17. The van der Waals surface area contributed by atoms with Gasteiger partial charge >= 0.3 is 0 Å². The van der Waals surface area contributed by atoms with Crippen molar-refractivity contribution >= 4 is 74.0 Å². The van der Waals surface area contributed by atoms with Gasteiger partial charge in [0.05, 0.1) is 49.3 Å². The molecule has 13 heavy (non-hydrogen) atoms. The number of benzene rings is 1. The third-order valence-electron chi connectivity index (χ3n) is 1.26. The minimum Gasteiger partial charge on any atom is -0.251 e. The molecule has 0 aromatic heterocycles. The van der Waals surface area contributed by atoms with Crippen molar-refractivity contribution in [3.05, 3.63) is 27.1 Å². The second-order valence-corrected chi connectivity index (χ2v) is 6.90. The fraction of sp³-hybridized carbons (Fsp3) is 0. The topological polar surface area (TPSA) is 3.24 Å². The SMILES string of the molecule is Fc1cc(F)c(I)c(N(I)I)c1F. The molecule has 0 saturated heterocycles. The monoisotopic (exact) mass is 525 g/mol. The fourth-order valence-electron chi connectivity index (χ4n) is 0.709. The van der Waals surface area contributed by atoms with E-state index in [2.05, 4.69) is 0 Å². The predicted octanol–water partition coefficient (Wildman–Crippen LogP) is 4.21. The Labute approximate surface area is 114 Å². The van der Waals surface area contributed by atoms with Crippen molar-refractivity contribution < 1.29 is 13.2 Å². The van der Waals surface area contributed by atoms with Gasteiger partial charge in [-0.2, -0.15) is 0 Å². The summed E-state index contributed by atoms with van der Waals surface area (Å²) >= 11 is 5.10. The first-order chi connectivity index (χ1) is 5.95. The Kier molecular flexibility index (Phi) is 4.35. The molecule has 0 aliphatic rings. The van der Waals surface area contributed by atoms with Crippen molar-refractivity contribution in [2.24, 2.45) is 0 Å². The number of anilines is 1. The molecule has 0 radical (unpaired) electrons. The van der Waals surface area contributed by atoms with Crippen LogP contribution in [0.1, 0.15) is 0 Å². The lowest BCUT2D eigenvalue weighted by molar-refractivity contribution is 0.496. The van der Waals surface area contributed by atoms with Crippen LogP contribution >= 0.6 is 68.3 Å². The van der Waals surface area contributed by atoms with E-state index in [4.69, 9.17) is 0 Å². The first-order valence-corrected chi connectivity index (χ1v) is 5.90. The first kappa shape index (κ1) is 12.1. The van der Waals surface area contributed by atoms with E-state index < -0.39 is 17.5 Å². The maximum atomic E-state index is 13.1. The van der Waals surface area contributed by atoms with Gasteiger partial charge in [0.1, 0.15) is 11.5 Å². The maximum absolute atomic E-state index is 13.1. The Morgan fingerprint density at radius 1 is 1.08 bits per heavy atom. The van der Waals surface area contributed by atoms with E-state index in [9.17, 15) is 13.2 Å².